The van der Waals surface area contributed by atoms with Crippen molar-refractivity contribution in [3.63, 3.8) is 0 Å². The number of rotatable bonds is 1. The summed E-state index contributed by atoms with van der Waals surface area (Å²) in [4.78, 5) is 4.43. The highest BCUT2D eigenvalue weighted by Crippen LogP contribution is 2.36. The molecule has 5 heteroatoms. The van der Waals surface area contributed by atoms with Crippen molar-refractivity contribution >= 4 is 16.8 Å². The third-order valence-electron chi connectivity index (χ3n) is 3.03. The van der Waals surface area contributed by atoms with E-state index in [1.165, 1.54) is 0 Å². The van der Waals surface area contributed by atoms with Crippen LogP contribution in [0.5, 0.6) is 11.5 Å². The highest BCUT2D eigenvalue weighted by atomic mass is 16.7. The highest BCUT2D eigenvalue weighted by molar-refractivity contribution is 5.79. The summed E-state index contributed by atoms with van der Waals surface area (Å²) in [6.07, 6.45) is 0. The van der Waals surface area contributed by atoms with Crippen molar-refractivity contribution in [3.8, 4) is 23.0 Å². The molecule has 2 heterocycles. The van der Waals surface area contributed by atoms with Gasteiger partial charge in [0.15, 0.2) is 17.1 Å². The zero-order chi connectivity index (χ0) is 12.8. The van der Waals surface area contributed by atoms with Gasteiger partial charge in [-0.3, -0.25) is 0 Å². The first-order chi connectivity index (χ1) is 9.29. The number of anilines is 1. The third kappa shape index (κ3) is 1.59. The van der Waals surface area contributed by atoms with E-state index in [0.29, 0.717) is 22.9 Å². The van der Waals surface area contributed by atoms with Crippen molar-refractivity contribution in [2.75, 3.05) is 12.5 Å². The minimum absolute atomic E-state index is 0.253. The van der Waals surface area contributed by atoms with Gasteiger partial charge < -0.3 is 19.6 Å². The van der Waals surface area contributed by atoms with Crippen molar-refractivity contribution in [2.24, 2.45) is 0 Å². The van der Waals surface area contributed by atoms with E-state index in [2.05, 4.69) is 4.98 Å². The molecule has 1 aliphatic heterocycles. The molecule has 5 nitrogen and oxygen atoms in total. The Bertz CT molecular complexity index is 779. The lowest BCUT2D eigenvalue weighted by Gasteiger charge is -1.98. The van der Waals surface area contributed by atoms with E-state index < -0.39 is 0 Å². The molecule has 0 unspecified atom stereocenters. The van der Waals surface area contributed by atoms with Gasteiger partial charge in [-0.25, -0.2) is 4.98 Å². The van der Waals surface area contributed by atoms with Gasteiger partial charge in [-0.1, -0.05) is 0 Å². The minimum atomic E-state index is 0.253. The number of aromatic nitrogens is 1. The Labute approximate surface area is 108 Å². The molecular weight excluding hydrogens is 244 g/mol. The van der Waals surface area contributed by atoms with Crippen LogP contribution in [0.4, 0.5) is 5.69 Å². The summed E-state index contributed by atoms with van der Waals surface area (Å²) in [5, 5.41) is 0. The second-order valence-electron chi connectivity index (χ2n) is 4.31. The normalized spacial score (nSPS) is 13.1. The number of nitrogen functional groups attached to an aromatic ring is 1. The predicted octanol–water partition coefficient (Wildman–Crippen LogP) is 2.81. The van der Waals surface area contributed by atoms with Crippen molar-refractivity contribution in [2.45, 2.75) is 0 Å². The van der Waals surface area contributed by atoms with Crippen LogP contribution < -0.4 is 15.2 Å². The van der Waals surface area contributed by atoms with Gasteiger partial charge in [-0.2, -0.15) is 0 Å². The van der Waals surface area contributed by atoms with Crippen LogP contribution in [-0.4, -0.2) is 11.8 Å². The summed E-state index contributed by atoms with van der Waals surface area (Å²) in [6, 6.07) is 11.0. The van der Waals surface area contributed by atoms with E-state index >= 15 is 0 Å². The maximum Gasteiger partial charge on any atom is 0.231 e. The van der Waals surface area contributed by atoms with Crippen LogP contribution in [0.25, 0.3) is 22.6 Å². The molecule has 0 radical (unpaired) electrons. The number of benzene rings is 2. The summed E-state index contributed by atoms with van der Waals surface area (Å²) in [5.41, 5.74) is 8.67. The largest absolute Gasteiger partial charge is 0.454 e. The molecule has 0 fully saturated rings. The van der Waals surface area contributed by atoms with Gasteiger partial charge in [0.1, 0.15) is 5.52 Å². The molecule has 0 saturated heterocycles. The van der Waals surface area contributed by atoms with Crippen LogP contribution in [0.3, 0.4) is 0 Å². The highest BCUT2D eigenvalue weighted by Gasteiger charge is 2.16. The summed E-state index contributed by atoms with van der Waals surface area (Å²) in [6.45, 7) is 0.253. The number of nitrogens with two attached hydrogens (primary N) is 1. The Morgan fingerprint density at radius 3 is 2.84 bits per heavy atom. The Morgan fingerprint density at radius 1 is 1.00 bits per heavy atom. The Balaban J connectivity index is 1.85. The van der Waals surface area contributed by atoms with Gasteiger partial charge >= 0.3 is 0 Å². The van der Waals surface area contributed by atoms with Crippen LogP contribution in [0.2, 0.25) is 0 Å². The Kier molecular flexibility index (Phi) is 1.97. The molecule has 3 aromatic rings. The van der Waals surface area contributed by atoms with Crippen LogP contribution >= 0.6 is 0 Å². The lowest BCUT2D eigenvalue weighted by Crippen LogP contribution is -1.92. The van der Waals surface area contributed by atoms with Crippen molar-refractivity contribution in [3.05, 3.63) is 36.4 Å². The fourth-order valence-corrected chi connectivity index (χ4v) is 2.09. The van der Waals surface area contributed by atoms with E-state index in [9.17, 15) is 0 Å². The molecule has 0 amide bonds. The lowest BCUT2D eigenvalue weighted by atomic mass is 10.2. The molecule has 2 aromatic carbocycles. The van der Waals surface area contributed by atoms with Gasteiger partial charge in [-0.15, -0.1) is 0 Å². The average molecular weight is 254 g/mol. The number of fused-ring (bicyclic) bond motifs is 2. The smallest absolute Gasteiger partial charge is 0.231 e. The zero-order valence-corrected chi connectivity index (χ0v) is 9.92. The molecule has 0 bridgehead atoms. The first-order valence-corrected chi connectivity index (χ1v) is 5.86. The number of hydrogen-bond acceptors (Lipinski definition) is 5. The van der Waals surface area contributed by atoms with Gasteiger partial charge in [0.2, 0.25) is 12.7 Å². The molecule has 2 N–H and O–H groups in total. The second kappa shape index (κ2) is 3.65. The molecule has 0 atom stereocenters. The molecule has 19 heavy (non-hydrogen) atoms. The van der Waals surface area contributed by atoms with E-state index in [1.54, 1.807) is 12.1 Å². The standard InChI is InChI=1S/C14H10N2O3/c15-9-2-3-10-12(6-9)19-14(16-10)8-1-4-11-13(5-8)18-7-17-11/h1-6H,7,15H2. The molecule has 0 spiro atoms. The van der Waals surface area contributed by atoms with Crippen LogP contribution in [0.1, 0.15) is 0 Å². The maximum absolute atomic E-state index is 5.72. The van der Waals surface area contributed by atoms with E-state index in [-0.39, 0.29) is 6.79 Å². The van der Waals surface area contributed by atoms with Gasteiger partial charge in [0, 0.05) is 17.3 Å². The number of hydrogen-bond donors (Lipinski definition) is 1. The van der Waals surface area contributed by atoms with Crippen LogP contribution in [0.15, 0.2) is 40.8 Å². The first kappa shape index (κ1) is 10.3. The quantitative estimate of drug-likeness (QED) is 0.676. The first-order valence-electron chi connectivity index (χ1n) is 5.86. The van der Waals surface area contributed by atoms with Gasteiger partial charge in [0.25, 0.3) is 0 Å². The van der Waals surface area contributed by atoms with E-state index in [0.717, 1.165) is 16.8 Å². The lowest BCUT2D eigenvalue weighted by molar-refractivity contribution is 0.174. The van der Waals surface area contributed by atoms with E-state index in [1.807, 2.05) is 24.3 Å². The van der Waals surface area contributed by atoms with Crippen molar-refractivity contribution in [1.29, 1.82) is 0 Å². The van der Waals surface area contributed by atoms with Gasteiger partial charge in [-0.05, 0) is 30.3 Å². The zero-order valence-electron chi connectivity index (χ0n) is 9.92. The summed E-state index contributed by atoms with van der Waals surface area (Å²) in [7, 11) is 0. The molecule has 4 rings (SSSR count). The van der Waals surface area contributed by atoms with Crippen LogP contribution in [-0.2, 0) is 0 Å². The second-order valence-corrected chi connectivity index (χ2v) is 4.31. The number of nitrogens with zero attached hydrogens (tertiary/aromatic N) is 1. The Hall–Kier alpha value is -2.69. The molecule has 94 valence electrons. The predicted molar refractivity (Wildman–Crippen MR) is 70.0 cm³/mol. The molecule has 0 saturated carbocycles. The third-order valence-corrected chi connectivity index (χ3v) is 3.03. The minimum Gasteiger partial charge on any atom is -0.454 e. The Morgan fingerprint density at radius 2 is 1.89 bits per heavy atom. The molecular formula is C14H10N2O3. The summed E-state index contributed by atoms with van der Waals surface area (Å²) in [5.74, 6) is 1.99. The topological polar surface area (TPSA) is 70.5 Å². The fourth-order valence-electron chi connectivity index (χ4n) is 2.09. The molecule has 1 aliphatic rings. The SMILES string of the molecule is Nc1ccc2nc(-c3ccc4c(c3)OCO4)oc2c1. The summed E-state index contributed by atoms with van der Waals surface area (Å²) >= 11 is 0. The van der Waals surface area contributed by atoms with Crippen molar-refractivity contribution < 1.29 is 13.9 Å². The molecule has 0 aliphatic carbocycles. The summed E-state index contributed by atoms with van der Waals surface area (Å²) < 4.78 is 16.3. The molecule has 1 aromatic heterocycles. The maximum atomic E-state index is 5.72. The fraction of sp³-hybridized carbons (Fsp3) is 0.0714. The number of oxazole rings is 1. The van der Waals surface area contributed by atoms with Crippen LogP contribution in [0, 0.1) is 0 Å². The van der Waals surface area contributed by atoms with E-state index in [4.69, 9.17) is 19.6 Å². The number of ether oxygens (including phenoxy) is 2. The monoisotopic (exact) mass is 254 g/mol. The van der Waals surface area contributed by atoms with Crippen molar-refractivity contribution in [1.82, 2.24) is 4.98 Å². The average Bonchev–Trinajstić information content (AvgIpc) is 3.02. The van der Waals surface area contributed by atoms with Gasteiger partial charge in [0.05, 0.1) is 0 Å².